The van der Waals surface area contributed by atoms with Crippen molar-refractivity contribution in [1.29, 1.82) is 0 Å². The van der Waals surface area contributed by atoms with Crippen LogP contribution in [0.3, 0.4) is 0 Å². The first-order chi connectivity index (χ1) is 15.1. The number of hydrogen-bond acceptors (Lipinski definition) is 5. The number of anilines is 2. The number of amides is 2. The first-order valence-electron chi connectivity index (χ1n) is 9.88. The minimum absolute atomic E-state index is 0.0989. The van der Waals surface area contributed by atoms with Crippen LogP contribution in [0.5, 0.6) is 11.5 Å². The van der Waals surface area contributed by atoms with E-state index < -0.39 is 0 Å². The Morgan fingerprint density at radius 2 is 1.45 bits per heavy atom. The number of nitrogens with one attached hydrogen (secondary N) is 3. The largest absolute Gasteiger partial charge is 0.457 e. The van der Waals surface area contributed by atoms with E-state index in [1.807, 2.05) is 30.3 Å². The van der Waals surface area contributed by atoms with Crippen LogP contribution in [0, 0.1) is 0 Å². The van der Waals surface area contributed by atoms with Gasteiger partial charge in [-0.3, -0.25) is 9.59 Å². The molecular weight excluding hydrogens is 394 g/mol. The minimum Gasteiger partial charge on any atom is -0.457 e. The Kier molecular flexibility index (Phi) is 8.02. The molecule has 7 heteroatoms. The second kappa shape index (κ2) is 11.4. The van der Waals surface area contributed by atoms with Crippen LogP contribution in [0.1, 0.15) is 10.4 Å². The van der Waals surface area contributed by atoms with Crippen molar-refractivity contribution < 1.29 is 19.1 Å². The van der Waals surface area contributed by atoms with Gasteiger partial charge in [0.05, 0.1) is 13.2 Å². The molecule has 0 aliphatic rings. The van der Waals surface area contributed by atoms with Gasteiger partial charge in [0.25, 0.3) is 5.91 Å². The number of hydrogen-bond donors (Lipinski definition) is 3. The van der Waals surface area contributed by atoms with E-state index in [0.717, 1.165) is 11.4 Å². The summed E-state index contributed by atoms with van der Waals surface area (Å²) in [4.78, 5) is 24.2. The predicted octanol–water partition coefficient (Wildman–Crippen LogP) is 3.91. The van der Waals surface area contributed by atoms with E-state index >= 15 is 0 Å². The summed E-state index contributed by atoms with van der Waals surface area (Å²) in [6, 6.07) is 23.6. The fourth-order valence-corrected chi connectivity index (χ4v) is 2.73. The third-order valence-corrected chi connectivity index (χ3v) is 4.31. The van der Waals surface area contributed by atoms with Gasteiger partial charge in [0.15, 0.2) is 0 Å². The van der Waals surface area contributed by atoms with Gasteiger partial charge in [0.1, 0.15) is 11.5 Å². The van der Waals surface area contributed by atoms with Gasteiger partial charge in [0, 0.05) is 30.6 Å². The average Bonchev–Trinajstić information content (AvgIpc) is 2.80. The van der Waals surface area contributed by atoms with Crippen molar-refractivity contribution in [2.45, 2.75) is 0 Å². The van der Waals surface area contributed by atoms with Gasteiger partial charge < -0.3 is 25.4 Å². The maximum absolute atomic E-state index is 12.2. The van der Waals surface area contributed by atoms with Gasteiger partial charge in [-0.1, -0.05) is 18.2 Å². The van der Waals surface area contributed by atoms with E-state index in [9.17, 15) is 9.59 Å². The van der Waals surface area contributed by atoms with Crippen molar-refractivity contribution in [2.75, 3.05) is 37.4 Å². The lowest BCUT2D eigenvalue weighted by atomic mass is 10.2. The summed E-state index contributed by atoms with van der Waals surface area (Å²) in [7, 11) is 1.58. The monoisotopic (exact) mass is 419 g/mol. The summed E-state index contributed by atoms with van der Waals surface area (Å²) in [6.07, 6.45) is 0. The quantitative estimate of drug-likeness (QED) is 0.434. The normalized spacial score (nSPS) is 10.2. The number of ether oxygens (including phenoxy) is 2. The molecule has 0 saturated carbocycles. The van der Waals surface area contributed by atoms with Crippen molar-refractivity contribution in [3.8, 4) is 11.5 Å². The van der Waals surface area contributed by atoms with Crippen LogP contribution in [0.15, 0.2) is 78.9 Å². The molecule has 0 bridgehead atoms. The zero-order chi connectivity index (χ0) is 21.9. The van der Waals surface area contributed by atoms with Gasteiger partial charge in [-0.2, -0.15) is 0 Å². The van der Waals surface area contributed by atoms with Crippen molar-refractivity contribution in [2.24, 2.45) is 0 Å². The number of benzene rings is 3. The number of carbonyl (C=O) groups excluding carboxylic acids is 2. The molecule has 2 amide bonds. The number of para-hydroxylation sites is 1. The molecule has 31 heavy (non-hydrogen) atoms. The van der Waals surface area contributed by atoms with Crippen LogP contribution in [0.4, 0.5) is 11.4 Å². The third kappa shape index (κ3) is 7.17. The molecule has 3 aromatic carbocycles. The van der Waals surface area contributed by atoms with Crippen molar-refractivity contribution >= 4 is 23.2 Å². The molecule has 0 aliphatic carbocycles. The highest BCUT2D eigenvalue weighted by atomic mass is 16.5. The number of carbonyl (C=O) groups is 2. The smallest absolute Gasteiger partial charge is 0.251 e. The topological polar surface area (TPSA) is 88.7 Å². The van der Waals surface area contributed by atoms with Gasteiger partial charge in [-0.25, -0.2) is 0 Å². The van der Waals surface area contributed by atoms with E-state index in [0.29, 0.717) is 30.2 Å². The Morgan fingerprint density at radius 3 is 2.13 bits per heavy atom. The zero-order valence-electron chi connectivity index (χ0n) is 17.3. The first-order valence-corrected chi connectivity index (χ1v) is 9.88. The summed E-state index contributed by atoms with van der Waals surface area (Å²) in [5.74, 6) is 1.09. The summed E-state index contributed by atoms with van der Waals surface area (Å²) < 4.78 is 10.6. The summed E-state index contributed by atoms with van der Waals surface area (Å²) in [6.45, 7) is 1.01. The molecule has 0 aliphatic heterocycles. The molecule has 0 heterocycles. The highest BCUT2D eigenvalue weighted by molar-refractivity contribution is 5.95. The Labute approximate surface area is 181 Å². The lowest BCUT2D eigenvalue weighted by molar-refractivity contribution is -0.114. The highest BCUT2D eigenvalue weighted by Crippen LogP contribution is 2.22. The van der Waals surface area contributed by atoms with Crippen LogP contribution in [-0.2, 0) is 9.53 Å². The van der Waals surface area contributed by atoms with E-state index in [4.69, 9.17) is 9.47 Å². The highest BCUT2D eigenvalue weighted by Gasteiger charge is 2.06. The lowest BCUT2D eigenvalue weighted by Crippen LogP contribution is -2.26. The van der Waals surface area contributed by atoms with E-state index in [-0.39, 0.29) is 18.4 Å². The van der Waals surface area contributed by atoms with Gasteiger partial charge in [-0.15, -0.1) is 0 Å². The maximum Gasteiger partial charge on any atom is 0.251 e. The molecule has 0 unspecified atom stereocenters. The Balaban J connectivity index is 1.44. The molecule has 3 N–H and O–H groups in total. The van der Waals surface area contributed by atoms with Crippen LogP contribution < -0.4 is 20.7 Å². The minimum atomic E-state index is -0.182. The number of methoxy groups -OCH3 is 1. The van der Waals surface area contributed by atoms with Gasteiger partial charge in [0.2, 0.25) is 5.91 Å². The SMILES string of the molecule is COCCNC(=O)c1ccc(NCC(=O)Nc2ccc(Oc3ccccc3)cc2)cc1. The summed E-state index contributed by atoms with van der Waals surface area (Å²) in [5.41, 5.74) is 1.97. The molecule has 160 valence electrons. The van der Waals surface area contributed by atoms with Gasteiger partial charge in [-0.05, 0) is 60.7 Å². The molecule has 3 rings (SSSR count). The van der Waals surface area contributed by atoms with Crippen molar-refractivity contribution in [1.82, 2.24) is 5.32 Å². The lowest BCUT2D eigenvalue weighted by Gasteiger charge is -2.10. The second-order valence-corrected chi connectivity index (χ2v) is 6.67. The Morgan fingerprint density at radius 1 is 0.806 bits per heavy atom. The van der Waals surface area contributed by atoms with E-state index in [1.54, 1.807) is 55.6 Å². The molecule has 7 nitrogen and oxygen atoms in total. The molecular formula is C24H25N3O4. The van der Waals surface area contributed by atoms with Crippen LogP contribution in [0.2, 0.25) is 0 Å². The maximum atomic E-state index is 12.2. The standard InChI is InChI=1S/C24H25N3O4/c1-30-16-15-25-24(29)18-7-9-19(10-8-18)26-17-23(28)27-20-11-13-22(14-12-20)31-21-5-3-2-4-6-21/h2-14,26H,15-17H2,1H3,(H,25,29)(H,27,28). The fourth-order valence-electron chi connectivity index (χ4n) is 2.73. The van der Waals surface area contributed by atoms with Crippen molar-refractivity contribution in [3.63, 3.8) is 0 Å². The van der Waals surface area contributed by atoms with Crippen molar-refractivity contribution in [3.05, 3.63) is 84.4 Å². The van der Waals surface area contributed by atoms with E-state index in [2.05, 4.69) is 16.0 Å². The molecule has 0 radical (unpaired) electrons. The summed E-state index contributed by atoms with van der Waals surface area (Å²) in [5, 5.41) is 8.62. The zero-order valence-corrected chi connectivity index (χ0v) is 17.3. The predicted molar refractivity (Wildman–Crippen MR) is 121 cm³/mol. The van der Waals surface area contributed by atoms with Gasteiger partial charge >= 0.3 is 0 Å². The average molecular weight is 419 g/mol. The molecule has 0 fully saturated rings. The second-order valence-electron chi connectivity index (χ2n) is 6.67. The Hall–Kier alpha value is -3.84. The number of rotatable bonds is 10. The molecule has 0 aromatic heterocycles. The third-order valence-electron chi connectivity index (χ3n) is 4.31. The summed E-state index contributed by atoms with van der Waals surface area (Å²) >= 11 is 0. The fraction of sp³-hybridized carbons (Fsp3) is 0.167. The molecule has 0 saturated heterocycles. The molecule has 0 atom stereocenters. The molecule has 3 aromatic rings. The van der Waals surface area contributed by atoms with Crippen LogP contribution >= 0.6 is 0 Å². The first kappa shape index (κ1) is 21.9. The van der Waals surface area contributed by atoms with Crippen LogP contribution in [-0.4, -0.2) is 38.6 Å². The molecule has 0 spiro atoms. The van der Waals surface area contributed by atoms with E-state index in [1.165, 1.54) is 0 Å². The Bertz CT molecular complexity index is 974. The van der Waals surface area contributed by atoms with Crippen LogP contribution in [0.25, 0.3) is 0 Å².